The van der Waals surface area contributed by atoms with Gasteiger partial charge in [-0.05, 0) is 25.3 Å². The third-order valence-corrected chi connectivity index (χ3v) is 3.54. The number of thiocarbonyl (C=S) groups is 1. The zero-order chi connectivity index (χ0) is 12.4. The molecule has 5 heteroatoms. The van der Waals surface area contributed by atoms with Gasteiger partial charge in [-0.3, -0.25) is 0 Å². The second kappa shape index (κ2) is 4.89. The van der Waals surface area contributed by atoms with E-state index in [0.717, 1.165) is 22.0 Å². The predicted octanol–water partition coefficient (Wildman–Crippen LogP) is 2.54. The standard InChI is InChI=1S/C12H13N3S2/c1-8-14-6-7-15(8)9-4-3-5-10(17-2)11(9)12(13)16/h3-7H,1-2H3,(H2,13,16). The predicted molar refractivity (Wildman–Crippen MR) is 76.0 cm³/mol. The van der Waals surface area contributed by atoms with Crippen LogP contribution in [0.2, 0.25) is 0 Å². The molecule has 2 N–H and O–H groups in total. The molecule has 0 aliphatic carbocycles. The quantitative estimate of drug-likeness (QED) is 0.682. The summed E-state index contributed by atoms with van der Waals surface area (Å²) in [6, 6.07) is 6.03. The van der Waals surface area contributed by atoms with Crippen molar-refractivity contribution in [1.82, 2.24) is 9.55 Å². The fourth-order valence-corrected chi connectivity index (χ4v) is 2.68. The third-order valence-electron chi connectivity index (χ3n) is 2.56. The molecule has 1 heterocycles. The van der Waals surface area contributed by atoms with Crippen molar-refractivity contribution < 1.29 is 0 Å². The van der Waals surface area contributed by atoms with E-state index in [9.17, 15) is 0 Å². The fraction of sp³-hybridized carbons (Fsp3) is 0.167. The summed E-state index contributed by atoms with van der Waals surface area (Å²) >= 11 is 6.79. The van der Waals surface area contributed by atoms with Crippen LogP contribution in [0, 0.1) is 6.92 Å². The maximum Gasteiger partial charge on any atom is 0.110 e. The summed E-state index contributed by atoms with van der Waals surface area (Å²) in [4.78, 5) is 5.72. The summed E-state index contributed by atoms with van der Waals surface area (Å²) in [5, 5.41) is 0. The summed E-state index contributed by atoms with van der Waals surface area (Å²) in [6.07, 6.45) is 5.70. The van der Waals surface area contributed by atoms with Gasteiger partial charge >= 0.3 is 0 Å². The van der Waals surface area contributed by atoms with Crippen LogP contribution in [0.15, 0.2) is 35.5 Å². The lowest BCUT2D eigenvalue weighted by Crippen LogP contribution is -2.15. The molecule has 0 amide bonds. The van der Waals surface area contributed by atoms with E-state index < -0.39 is 0 Å². The molecular weight excluding hydrogens is 250 g/mol. The van der Waals surface area contributed by atoms with Crippen molar-refractivity contribution in [2.24, 2.45) is 5.73 Å². The first-order valence-electron chi connectivity index (χ1n) is 5.12. The molecule has 0 saturated heterocycles. The first-order valence-corrected chi connectivity index (χ1v) is 6.75. The Morgan fingerprint density at radius 1 is 1.47 bits per heavy atom. The second-order valence-corrected chi connectivity index (χ2v) is 4.85. The Bertz CT molecular complexity index is 561. The van der Waals surface area contributed by atoms with E-state index in [1.165, 1.54) is 0 Å². The van der Waals surface area contributed by atoms with Crippen molar-refractivity contribution in [1.29, 1.82) is 0 Å². The maximum absolute atomic E-state index is 5.83. The molecule has 0 spiro atoms. The number of nitrogens with zero attached hydrogens (tertiary/aromatic N) is 2. The molecule has 0 aliphatic heterocycles. The van der Waals surface area contributed by atoms with Crippen molar-refractivity contribution in [2.45, 2.75) is 11.8 Å². The molecule has 0 radical (unpaired) electrons. The van der Waals surface area contributed by atoms with E-state index in [1.807, 2.05) is 42.1 Å². The molecule has 17 heavy (non-hydrogen) atoms. The topological polar surface area (TPSA) is 43.8 Å². The molecule has 0 saturated carbocycles. The second-order valence-electron chi connectivity index (χ2n) is 3.56. The number of thioether (sulfide) groups is 1. The summed E-state index contributed by atoms with van der Waals surface area (Å²) in [5.74, 6) is 0.917. The monoisotopic (exact) mass is 263 g/mol. The summed E-state index contributed by atoms with van der Waals surface area (Å²) in [5.41, 5.74) is 7.73. The molecule has 2 rings (SSSR count). The lowest BCUT2D eigenvalue weighted by Gasteiger charge is -2.14. The summed E-state index contributed by atoms with van der Waals surface area (Å²) in [6.45, 7) is 1.95. The summed E-state index contributed by atoms with van der Waals surface area (Å²) in [7, 11) is 0. The number of aromatic nitrogens is 2. The SMILES string of the molecule is CSc1cccc(-n2ccnc2C)c1C(N)=S. The molecule has 0 atom stereocenters. The lowest BCUT2D eigenvalue weighted by atomic mass is 10.1. The van der Waals surface area contributed by atoms with Crippen LogP contribution < -0.4 is 5.73 Å². The van der Waals surface area contributed by atoms with Crippen molar-refractivity contribution in [3.05, 3.63) is 42.0 Å². The van der Waals surface area contributed by atoms with Gasteiger partial charge in [-0.15, -0.1) is 11.8 Å². The van der Waals surface area contributed by atoms with Gasteiger partial charge in [0.1, 0.15) is 10.8 Å². The number of imidazole rings is 1. The van der Waals surface area contributed by atoms with Crippen LogP contribution in [0.25, 0.3) is 5.69 Å². The van der Waals surface area contributed by atoms with Crippen LogP contribution in [-0.2, 0) is 0 Å². The Morgan fingerprint density at radius 3 is 2.76 bits per heavy atom. The minimum Gasteiger partial charge on any atom is -0.389 e. The number of nitrogens with two attached hydrogens (primary N) is 1. The van der Waals surface area contributed by atoms with Gasteiger partial charge < -0.3 is 10.3 Å². The minimum absolute atomic E-state index is 0.415. The number of hydrogen-bond donors (Lipinski definition) is 1. The average Bonchev–Trinajstić information content (AvgIpc) is 2.74. The van der Waals surface area contributed by atoms with Crippen molar-refractivity contribution in [3.8, 4) is 5.69 Å². The Hall–Kier alpha value is -1.33. The van der Waals surface area contributed by atoms with Gasteiger partial charge in [0.2, 0.25) is 0 Å². The zero-order valence-corrected chi connectivity index (χ0v) is 11.3. The van der Waals surface area contributed by atoms with Crippen molar-refractivity contribution in [3.63, 3.8) is 0 Å². The van der Waals surface area contributed by atoms with Gasteiger partial charge in [-0.2, -0.15) is 0 Å². The van der Waals surface area contributed by atoms with Crippen molar-refractivity contribution in [2.75, 3.05) is 6.26 Å². The largest absolute Gasteiger partial charge is 0.389 e. The molecular formula is C12H13N3S2. The van der Waals surface area contributed by atoms with Crippen LogP contribution in [-0.4, -0.2) is 20.8 Å². The molecule has 2 aromatic rings. The Morgan fingerprint density at radius 2 is 2.24 bits per heavy atom. The normalized spacial score (nSPS) is 10.5. The van der Waals surface area contributed by atoms with E-state index in [4.69, 9.17) is 18.0 Å². The first kappa shape index (κ1) is 12.1. The highest BCUT2D eigenvalue weighted by atomic mass is 32.2. The van der Waals surface area contributed by atoms with E-state index in [1.54, 1.807) is 18.0 Å². The zero-order valence-electron chi connectivity index (χ0n) is 9.68. The molecule has 1 aromatic carbocycles. The average molecular weight is 263 g/mol. The number of aryl methyl sites for hydroxylation is 1. The molecule has 0 bridgehead atoms. The van der Waals surface area contributed by atoms with Gasteiger partial charge in [0.25, 0.3) is 0 Å². The number of rotatable bonds is 3. The molecule has 1 aromatic heterocycles. The van der Waals surface area contributed by atoms with Gasteiger partial charge in [0.05, 0.1) is 5.69 Å². The minimum atomic E-state index is 0.415. The van der Waals surface area contributed by atoms with E-state index in [-0.39, 0.29) is 0 Å². The lowest BCUT2D eigenvalue weighted by molar-refractivity contribution is 0.967. The van der Waals surface area contributed by atoms with E-state index in [2.05, 4.69) is 4.98 Å². The first-order chi connectivity index (χ1) is 8.15. The van der Waals surface area contributed by atoms with Crippen LogP contribution in [0.3, 0.4) is 0 Å². The Kier molecular flexibility index (Phi) is 3.49. The van der Waals surface area contributed by atoms with Crippen LogP contribution in [0.1, 0.15) is 11.4 Å². The Balaban J connectivity index is 2.70. The molecule has 0 fully saturated rings. The molecule has 0 aliphatic rings. The fourth-order valence-electron chi connectivity index (χ4n) is 1.77. The maximum atomic E-state index is 5.83. The van der Waals surface area contributed by atoms with Crippen LogP contribution in [0.5, 0.6) is 0 Å². The van der Waals surface area contributed by atoms with Crippen molar-refractivity contribution >= 4 is 29.0 Å². The van der Waals surface area contributed by atoms with Crippen LogP contribution >= 0.6 is 24.0 Å². The summed E-state index contributed by atoms with van der Waals surface area (Å²) < 4.78 is 1.99. The van der Waals surface area contributed by atoms with Gasteiger partial charge in [-0.1, -0.05) is 18.3 Å². The highest BCUT2D eigenvalue weighted by Gasteiger charge is 2.12. The number of hydrogen-bond acceptors (Lipinski definition) is 3. The van der Waals surface area contributed by atoms with E-state index in [0.29, 0.717) is 4.99 Å². The highest BCUT2D eigenvalue weighted by molar-refractivity contribution is 7.98. The number of benzene rings is 1. The molecule has 88 valence electrons. The van der Waals surface area contributed by atoms with Gasteiger partial charge in [0.15, 0.2) is 0 Å². The molecule has 3 nitrogen and oxygen atoms in total. The Labute approximate surface area is 110 Å². The van der Waals surface area contributed by atoms with Gasteiger partial charge in [0, 0.05) is 22.9 Å². The third kappa shape index (κ3) is 2.21. The smallest absolute Gasteiger partial charge is 0.110 e. The van der Waals surface area contributed by atoms with Gasteiger partial charge in [-0.25, -0.2) is 4.98 Å². The highest BCUT2D eigenvalue weighted by Crippen LogP contribution is 2.26. The molecule has 0 unspecified atom stereocenters. The van der Waals surface area contributed by atoms with Crippen LogP contribution in [0.4, 0.5) is 0 Å². The van der Waals surface area contributed by atoms with E-state index >= 15 is 0 Å².